The first-order valence-electron chi connectivity index (χ1n) is 50.1. The summed E-state index contributed by atoms with van der Waals surface area (Å²) in [5.74, 6) is -15.9. The van der Waals surface area contributed by atoms with Gasteiger partial charge in [-0.2, -0.15) is 4.80 Å². The number of aliphatic hydroxyl groups excluding tert-OH is 2. The maximum atomic E-state index is 14.5. The molecule has 2 aliphatic carbocycles. The fourth-order valence-corrected chi connectivity index (χ4v) is 21.4. The van der Waals surface area contributed by atoms with E-state index in [0.717, 1.165) is 36.8 Å². The maximum absolute atomic E-state index is 14.5. The van der Waals surface area contributed by atoms with Crippen LogP contribution in [0.5, 0.6) is 0 Å². The normalized spacial score (nSPS) is 38.1. The third kappa shape index (κ3) is 29.8. The Morgan fingerprint density at radius 3 is 1.27 bits per heavy atom. The molecule has 10 rings (SSSR count). The van der Waals surface area contributed by atoms with Gasteiger partial charge >= 0.3 is 11.9 Å². The monoisotopic (exact) mass is 1930 g/mol. The SMILES string of the molecule is COC1C(=O)C(C)C[C@H](C)/C=C/C=C/C=C(\C)[C@@H](OC)C[C@@H]2CC[C@@H](C)[C@@](O)(O2)C(=O)C(=O)N2CCCC[C@H]2C(=O)O[C@H]([C@H](C)C[C@@H]2CC[C@H](n3cnnn3)[C@H](OC)C2)CC(=O)[C@H](C)/C=C(\C)[C@H]1O.COC1C[C@@H]2CC[C@@H](C)[C@@](O)(O2)C(=O)C(=O)N2CCCC[C@H]2C(=O)O[C@H]([C@H](C)C[C@@H]2CC[C@H](n3ncnn3)[C@H](OC)C2)CC(=O)[C@H](C)/C=C(\C)[C@@H](O)[C@@H](OC)C(=O)[C@H](C)C[C@H](C)/C=C/C=CC=C1C. The van der Waals surface area contributed by atoms with Gasteiger partial charge in [0.05, 0.1) is 48.7 Å². The van der Waals surface area contributed by atoms with Gasteiger partial charge in [0.25, 0.3) is 23.4 Å². The van der Waals surface area contributed by atoms with Crippen molar-refractivity contribution < 1.29 is 116 Å². The number of rotatable bonds is 14. The highest BCUT2D eigenvalue weighted by atomic mass is 16.6. The Kier molecular flexibility index (Phi) is 43.9. The topological polar surface area (TPSA) is 438 Å². The van der Waals surface area contributed by atoms with Crippen LogP contribution >= 0.6 is 0 Å². The van der Waals surface area contributed by atoms with Crippen LogP contribution in [0.2, 0.25) is 0 Å². The van der Waals surface area contributed by atoms with Gasteiger partial charge in [0.15, 0.2) is 17.9 Å². The van der Waals surface area contributed by atoms with Crippen molar-refractivity contribution in [3.8, 4) is 0 Å². The summed E-state index contributed by atoms with van der Waals surface area (Å²) in [4.78, 5) is 146. The molecule has 6 aliphatic heterocycles. The second-order valence-corrected chi connectivity index (χ2v) is 40.7. The van der Waals surface area contributed by atoms with Crippen molar-refractivity contribution in [2.45, 2.75) is 360 Å². The minimum Gasteiger partial charge on any atom is -0.460 e. The molecule has 8 aliphatic rings. The smallest absolute Gasteiger partial charge is 0.329 e. The third-order valence-electron chi connectivity index (χ3n) is 30.3. The number of allylic oxidation sites excluding steroid dienone is 12. The first-order valence-corrected chi connectivity index (χ1v) is 50.1. The van der Waals surface area contributed by atoms with Crippen LogP contribution in [0.25, 0.3) is 0 Å². The van der Waals surface area contributed by atoms with Crippen LogP contribution in [0.4, 0.5) is 0 Å². The highest BCUT2D eigenvalue weighted by Gasteiger charge is 2.56. The van der Waals surface area contributed by atoms with E-state index in [9.17, 15) is 68.4 Å². The Morgan fingerprint density at radius 1 is 0.464 bits per heavy atom. The Morgan fingerprint density at radius 2 is 0.884 bits per heavy atom. The van der Waals surface area contributed by atoms with Crippen LogP contribution in [0, 0.1) is 71.0 Å². The average molecular weight is 1930 g/mol. The molecule has 0 aromatic carbocycles. The van der Waals surface area contributed by atoms with E-state index < -0.39 is 156 Å². The lowest BCUT2D eigenvalue weighted by atomic mass is 9.77. The minimum atomic E-state index is -2.43. The van der Waals surface area contributed by atoms with E-state index in [2.05, 4.69) is 30.9 Å². The molecular weight excluding hydrogens is 1770 g/mol. The van der Waals surface area contributed by atoms with Gasteiger partial charge in [-0.25, -0.2) is 14.3 Å². The predicted molar refractivity (Wildman–Crippen MR) is 512 cm³/mol. The van der Waals surface area contributed by atoms with E-state index in [1.807, 2.05) is 116 Å². The van der Waals surface area contributed by atoms with Crippen molar-refractivity contribution in [3.63, 3.8) is 0 Å². The number of ketones is 6. The van der Waals surface area contributed by atoms with E-state index in [4.69, 9.17) is 47.4 Å². The zero-order valence-electron chi connectivity index (χ0n) is 85.1. The first-order chi connectivity index (χ1) is 65.6. The quantitative estimate of drug-likeness (QED) is 0.0775. The molecule has 2 aromatic heterocycles. The number of amides is 2. The second-order valence-electron chi connectivity index (χ2n) is 40.7. The lowest BCUT2D eigenvalue weighted by Gasteiger charge is -2.42. The zero-order chi connectivity index (χ0) is 101. The van der Waals surface area contributed by atoms with Gasteiger partial charge in [-0.05, 0) is 230 Å². The summed E-state index contributed by atoms with van der Waals surface area (Å²) in [6.45, 7) is 25.6. The number of nitrogens with zero attached hydrogens (tertiary/aromatic N) is 10. The molecule has 30 atom stereocenters. The summed E-state index contributed by atoms with van der Waals surface area (Å²) in [6.07, 6.45) is 27.6. The molecule has 2 saturated carbocycles. The molecule has 2 aromatic rings. The van der Waals surface area contributed by atoms with Gasteiger partial charge in [0, 0.05) is 117 Å². The number of tetrazole rings is 2. The Balaban J connectivity index is 0.000000309. The van der Waals surface area contributed by atoms with Gasteiger partial charge in [-0.15, -0.1) is 15.3 Å². The van der Waals surface area contributed by atoms with Crippen LogP contribution in [0.15, 0.2) is 108 Å². The van der Waals surface area contributed by atoms with Crippen LogP contribution < -0.4 is 0 Å². The highest BCUT2D eigenvalue weighted by molar-refractivity contribution is 6.39. The number of fused-ring (bicyclic) bond motifs is 6. The van der Waals surface area contributed by atoms with Gasteiger partial charge in [-0.3, -0.25) is 38.4 Å². The van der Waals surface area contributed by atoms with E-state index in [0.29, 0.717) is 114 Å². The van der Waals surface area contributed by atoms with E-state index in [1.165, 1.54) is 30.3 Å². The molecule has 138 heavy (non-hydrogen) atoms. The summed E-state index contributed by atoms with van der Waals surface area (Å²) in [5, 5.41) is 70.9. The minimum absolute atomic E-state index is 0.0168. The molecule has 768 valence electrons. The first kappa shape index (κ1) is 113. The number of carbonyl (C=O) groups is 10. The number of piperidine rings is 2. The average Bonchev–Trinajstić information content (AvgIpc) is 0.791. The van der Waals surface area contributed by atoms with E-state index >= 15 is 0 Å². The summed E-state index contributed by atoms with van der Waals surface area (Å²) in [6, 6.07) is -2.44. The number of hydrogen-bond donors (Lipinski definition) is 4. The number of cyclic esters (lactones) is 2. The lowest BCUT2D eigenvalue weighted by Crippen LogP contribution is -2.61. The molecule has 8 heterocycles. The molecule has 4 bridgehead atoms. The Bertz CT molecular complexity index is 4320. The largest absolute Gasteiger partial charge is 0.460 e. The van der Waals surface area contributed by atoms with E-state index in [-0.39, 0.29) is 122 Å². The van der Waals surface area contributed by atoms with Crippen LogP contribution in [-0.2, 0) is 95.3 Å². The molecule has 34 heteroatoms. The van der Waals surface area contributed by atoms with Gasteiger partial charge in [0.2, 0.25) is 11.6 Å². The van der Waals surface area contributed by atoms with Crippen molar-refractivity contribution in [1.29, 1.82) is 0 Å². The maximum Gasteiger partial charge on any atom is 0.329 e. The van der Waals surface area contributed by atoms with Gasteiger partial charge in [0.1, 0.15) is 66.6 Å². The highest BCUT2D eigenvalue weighted by Crippen LogP contribution is 2.44. The second kappa shape index (κ2) is 53.5. The molecule has 4 N–H and O–H groups in total. The molecular formula is C104H158N10O24. The molecule has 4 saturated heterocycles. The number of esters is 2. The standard InChI is InChI=1S/2C52H79N5O12/c1-31-16-12-11-13-17-32(2)43(65-8)28-39-21-19-37(7)52(64,69-39)49(61)50(62)56-23-15-14-18-41(56)51(63)68-44(34(4)26-38-20-22-40(45(27-38)66-9)57-30-53-54-55-57)29-42(58)33(3)25-36(6)47(60)48(67-10)46(59)35(5)24-31;1-31-16-12-11-13-17-32(2)43(65-8)28-39-21-19-37(7)52(64,69-39)49(61)50(62)56-23-15-14-18-41(56)51(63)68-44(34(4)26-38-20-22-40(45(27-38)66-9)57-54-30-53-55-57)29-42(58)33(3)25-36(6)47(60)48(67-10)46(59)35(5)24-31/h2*11-13,16-17,25,30-31,33-35,37-41,43-45,47-48,60,64H,14-15,18-24,26-29H2,1-10H3/b13-11+,16-12+,32-17+,36-25+;13-11?,16-12+,32-17?,36-25+/t31-,33-,34-,35?,37-,38+,39+,40+,41+,43+,44+,45-,47-,48?,52-;31-,33-,34-,35-,37-,38+,39+,40+,41+,43?,44+,45-,47-,48+,52-/m11/s1. The Labute approximate surface area is 815 Å². The summed E-state index contributed by atoms with van der Waals surface area (Å²) >= 11 is 0. The number of ether oxygens (including phenoxy) is 10. The molecule has 0 spiro atoms. The summed E-state index contributed by atoms with van der Waals surface area (Å²) in [5.41, 5.74) is 2.54. The molecule has 6 fully saturated rings. The molecule has 0 radical (unpaired) electrons. The predicted octanol–water partition coefficient (Wildman–Crippen LogP) is 12.1. The summed E-state index contributed by atoms with van der Waals surface area (Å²) < 4.78 is 61.4. The number of methoxy groups -OCH3 is 6. The zero-order valence-corrected chi connectivity index (χ0v) is 85.1. The molecule has 3 unspecified atom stereocenters. The lowest BCUT2D eigenvalue weighted by molar-refractivity contribution is -0.265. The van der Waals surface area contributed by atoms with E-state index in [1.54, 1.807) is 97.9 Å². The fraction of sp³-hybridized carbons (Fsp3) is 0.731. The summed E-state index contributed by atoms with van der Waals surface area (Å²) in [7, 11) is 9.23. The van der Waals surface area contributed by atoms with Crippen molar-refractivity contribution in [2.24, 2.45) is 71.0 Å². The van der Waals surface area contributed by atoms with Gasteiger partial charge < -0.3 is 77.6 Å². The number of carbonyl (C=O) groups excluding carboxylic acids is 10. The fourth-order valence-electron chi connectivity index (χ4n) is 21.4. The molecule has 34 nitrogen and oxygen atoms in total. The third-order valence-corrected chi connectivity index (χ3v) is 30.3. The Hall–Kier alpha value is -8.52. The van der Waals surface area contributed by atoms with Crippen LogP contribution in [0.3, 0.4) is 0 Å². The van der Waals surface area contributed by atoms with Crippen LogP contribution in [-0.4, -0.2) is 282 Å². The van der Waals surface area contributed by atoms with Crippen molar-refractivity contribution >= 4 is 58.5 Å². The number of aliphatic hydroxyl groups is 4. The van der Waals surface area contributed by atoms with Crippen molar-refractivity contribution in [2.75, 3.05) is 55.7 Å². The number of Topliss-reactive ketones (excluding diaryl/α,β-unsaturated/α-hetero) is 6. The van der Waals surface area contributed by atoms with Crippen molar-refractivity contribution in [1.82, 2.24) is 50.2 Å². The van der Waals surface area contributed by atoms with Crippen LogP contribution in [0.1, 0.15) is 263 Å². The number of hydrogen-bond acceptors (Lipinski definition) is 30. The molecule has 2 amide bonds. The van der Waals surface area contributed by atoms with Crippen molar-refractivity contribution in [3.05, 3.63) is 108 Å². The number of aromatic nitrogens is 8. The van der Waals surface area contributed by atoms with Gasteiger partial charge in [-0.1, -0.05) is 142 Å².